The molecule has 0 spiro atoms. The fraction of sp³-hybridized carbons (Fsp3) is 0.667. The van der Waals surface area contributed by atoms with Crippen molar-refractivity contribution in [2.24, 2.45) is 0 Å². The largest absolute Gasteiger partial charge is 0.355 e. The summed E-state index contributed by atoms with van der Waals surface area (Å²) in [6.45, 7) is 2.96. The normalized spacial score (nSPS) is 24.1. The summed E-state index contributed by atoms with van der Waals surface area (Å²) in [5, 5.41) is 0. The quantitative estimate of drug-likeness (QED) is 0.838. The van der Waals surface area contributed by atoms with E-state index in [0.29, 0.717) is 19.6 Å². The Morgan fingerprint density at radius 1 is 1.18 bits per heavy atom. The first kappa shape index (κ1) is 15.7. The van der Waals surface area contributed by atoms with Crippen LogP contribution < -0.4 is 4.90 Å². The number of aromatic nitrogens is 1. The Kier molecular flexibility index (Phi) is 4.65. The Morgan fingerprint density at radius 3 is 2.64 bits per heavy atom. The van der Waals surface area contributed by atoms with Crippen LogP contribution in [0.1, 0.15) is 25.7 Å². The van der Waals surface area contributed by atoms with Gasteiger partial charge in [-0.25, -0.2) is 4.98 Å². The highest BCUT2D eigenvalue weighted by Crippen LogP contribution is 2.24. The van der Waals surface area contributed by atoms with Gasteiger partial charge in [0.15, 0.2) is 0 Å². The Morgan fingerprint density at radius 2 is 1.95 bits per heavy atom. The number of hydrogen-bond donors (Lipinski definition) is 0. The topological polar surface area (TPSA) is 56.8 Å². The van der Waals surface area contributed by atoms with Crippen LogP contribution in [0.4, 0.5) is 5.82 Å². The highest BCUT2D eigenvalue weighted by atomic mass is 32.2. The lowest BCUT2D eigenvalue weighted by Crippen LogP contribution is -2.52. The van der Waals surface area contributed by atoms with Gasteiger partial charge in [0.1, 0.15) is 5.82 Å². The summed E-state index contributed by atoms with van der Waals surface area (Å²) >= 11 is 0. The maximum absolute atomic E-state index is 12.7. The van der Waals surface area contributed by atoms with Gasteiger partial charge in [0.2, 0.25) is 0 Å². The van der Waals surface area contributed by atoms with Gasteiger partial charge in [-0.2, -0.15) is 17.0 Å². The zero-order valence-electron chi connectivity index (χ0n) is 13.1. The maximum Gasteiger partial charge on any atom is 0.282 e. The van der Waals surface area contributed by atoms with Gasteiger partial charge in [-0.3, -0.25) is 0 Å². The van der Waals surface area contributed by atoms with Crippen molar-refractivity contribution < 1.29 is 8.42 Å². The summed E-state index contributed by atoms with van der Waals surface area (Å²) in [4.78, 5) is 6.57. The zero-order valence-corrected chi connectivity index (χ0v) is 13.9. The van der Waals surface area contributed by atoms with Crippen LogP contribution in [0.15, 0.2) is 24.4 Å². The van der Waals surface area contributed by atoms with E-state index in [9.17, 15) is 8.42 Å². The summed E-state index contributed by atoms with van der Waals surface area (Å²) in [5.41, 5.74) is 0. The molecule has 3 heterocycles. The smallest absolute Gasteiger partial charge is 0.282 e. The molecule has 1 atom stereocenters. The third-order valence-electron chi connectivity index (χ3n) is 4.64. The van der Waals surface area contributed by atoms with Gasteiger partial charge in [0.25, 0.3) is 10.2 Å². The maximum atomic E-state index is 12.7. The van der Waals surface area contributed by atoms with Gasteiger partial charge in [0, 0.05) is 45.5 Å². The second kappa shape index (κ2) is 6.52. The van der Waals surface area contributed by atoms with Crippen molar-refractivity contribution in [2.75, 3.05) is 38.1 Å². The van der Waals surface area contributed by atoms with E-state index in [-0.39, 0.29) is 6.04 Å². The first-order chi connectivity index (χ1) is 10.6. The number of nitrogens with zero attached hydrogens (tertiary/aromatic N) is 4. The number of piperidine rings is 1. The summed E-state index contributed by atoms with van der Waals surface area (Å²) in [7, 11) is -1.60. The number of anilines is 1. The lowest BCUT2D eigenvalue weighted by molar-refractivity contribution is 0.297. The Bertz CT molecular complexity index is 587. The van der Waals surface area contributed by atoms with Crippen molar-refractivity contribution in [3.63, 3.8) is 0 Å². The molecule has 7 heteroatoms. The van der Waals surface area contributed by atoms with E-state index in [1.165, 1.54) is 0 Å². The van der Waals surface area contributed by atoms with E-state index in [0.717, 1.165) is 38.0 Å². The predicted molar refractivity (Wildman–Crippen MR) is 87.0 cm³/mol. The van der Waals surface area contributed by atoms with Crippen molar-refractivity contribution in [3.05, 3.63) is 24.4 Å². The molecule has 0 N–H and O–H groups in total. The monoisotopic (exact) mass is 324 g/mol. The van der Waals surface area contributed by atoms with Crippen molar-refractivity contribution in [2.45, 2.75) is 31.7 Å². The fourth-order valence-corrected chi connectivity index (χ4v) is 4.92. The molecule has 0 aromatic carbocycles. The van der Waals surface area contributed by atoms with Crippen molar-refractivity contribution in [1.82, 2.24) is 13.6 Å². The van der Waals surface area contributed by atoms with E-state index in [1.807, 2.05) is 18.2 Å². The molecule has 2 aliphatic heterocycles. The van der Waals surface area contributed by atoms with Crippen molar-refractivity contribution >= 4 is 16.0 Å². The molecule has 122 valence electrons. The molecule has 0 saturated carbocycles. The molecule has 1 aromatic heterocycles. The minimum atomic E-state index is -3.32. The van der Waals surface area contributed by atoms with Gasteiger partial charge in [-0.1, -0.05) is 6.07 Å². The Labute approximate surface area is 132 Å². The van der Waals surface area contributed by atoms with Crippen LogP contribution in [0.3, 0.4) is 0 Å². The molecular weight excluding hydrogens is 300 g/mol. The van der Waals surface area contributed by atoms with Gasteiger partial charge >= 0.3 is 0 Å². The molecule has 2 saturated heterocycles. The molecule has 2 fully saturated rings. The van der Waals surface area contributed by atoms with Gasteiger partial charge in [0.05, 0.1) is 0 Å². The van der Waals surface area contributed by atoms with Crippen LogP contribution in [0, 0.1) is 0 Å². The van der Waals surface area contributed by atoms with Crippen LogP contribution in [0.5, 0.6) is 0 Å². The average molecular weight is 324 g/mol. The highest BCUT2D eigenvalue weighted by molar-refractivity contribution is 7.86. The SMILES string of the molecule is CN([C@@H]1CCCN(c2ccccn2)C1)S(=O)(=O)N1CCCC1. The molecule has 0 radical (unpaired) electrons. The molecule has 1 aromatic rings. The lowest BCUT2D eigenvalue weighted by Gasteiger charge is -2.38. The van der Waals surface area contributed by atoms with E-state index < -0.39 is 10.2 Å². The van der Waals surface area contributed by atoms with E-state index >= 15 is 0 Å². The second-order valence-electron chi connectivity index (χ2n) is 6.06. The third-order valence-corrected chi connectivity index (χ3v) is 6.68. The minimum Gasteiger partial charge on any atom is -0.355 e. The van der Waals surface area contributed by atoms with Crippen LogP contribution in [0.25, 0.3) is 0 Å². The lowest BCUT2D eigenvalue weighted by atomic mass is 10.1. The van der Waals surface area contributed by atoms with Crippen LogP contribution in [-0.2, 0) is 10.2 Å². The summed E-state index contributed by atoms with van der Waals surface area (Å²) in [5.74, 6) is 0.930. The van der Waals surface area contributed by atoms with E-state index in [4.69, 9.17) is 0 Å². The fourth-order valence-electron chi connectivity index (χ4n) is 3.29. The molecule has 3 rings (SSSR count). The first-order valence-electron chi connectivity index (χ1n) is 7.98. The van der Waals surface area contributed by atoms with Crippen LogP contribution >= 0.6 is 0 Å². The van der Waals surface area contributed by atoms with Crippen LogP contribution in [-0.4, -0.2) is 61.3 Å². The molecular formula is C15H24N4O2S. The standard InChI is InChI=1S/C15H24N4O2S/c1-17(22(20,21)19-11-4-5-12-19)14-7-6-10-18(13-14)15-8-2-3-9-16-15/h2-3,8-9,14H,4-7,10-13H2,1H3/t14-/m1/s1. The summed E-state index contributed by atoms with van der Waals surface area (Å²) in [6, 6.07) is 5.87. The average Bonchev–Trinajstić information content (AvgIpc) is 3.10. The molecule has 6 nitrogen and oxygen atoms in total. The van der Waals surface area contributed by atoms with Gasteiger partial charge in [-0.15, -0.1) is 0 Å². The molecule has 0 aliphatic carbocycles. The van der Waals surface area contributed by atoms with E-state index in [1.54, 1.807) is 21.9 Å². The Balaban J connectivity index is 1.71. The third kappa shape index (κ3) is 3.11. The number of rotatable bonds is 4. The van der Waals surface area contributed by atoms with Crippen molar-refractivity contribution in [3.8, 4) is 0 Å². The van der Waals surface area contributed by atoms with Gasteiger partial charge < -0.3 is 4.90 Å². The minimum absolute atomic E-state index is 0.0151. The first-order valence-corrected chi connectivity index (χ1v) is 9.38. The van der Waals surface area contributed by atoms with E-state index in [2.05, 4.69) is 9.88 Å². The summed E-state index contributed by atoms with van der Waals surface area (Å²) in [6.07, 6.45) is 5.62. The van der Waals surface area contributed by atoms with Gasteiger partial charge in [-0.05, 0) is 37.8 Å². The molecule has 0 amide bonds. The molecule has 22 heavy (non-hydrogen) atoms. The molecule has 0 unspecified atom stereocenters. The van der Waals surface area contributed by atoms with Crippen LogP contribution in [0.2, 0.25) is 0 Å². The zero-order chi connectivity index (χ0) is 15.6. The molecule has 2 aliphatic rings. The number of pyridine rings is 1. The second-order valence-corrected chi connectivity index (χ2v) is 8.05. The summed E-state index contributed by atoms with van der Waals surface area (Å²) < 4.78 is 28.6. The molecule has 0 bridgehead atoms. The van der Waals surface area contributed by atoms with Crippen molar-refractivity contribution in [1.29, 1.82) is 0 Å². The Hall–Kier alpha value is -1.18. The number of hydrogen-bond acceptors (Lipinski definition) is 4. The predicted octanol–water partition coefficient (Wildman–Crippen LogP) is 1.32. The number of likely N-dealkylation sites (N-methyl/N-ethyl adjacent to an activating group) is 1. The highest BCUT2D eigenvalue weighted by Gasteiger charge is 2.35.